The van der Waals surface area contributed by atoms with Gasteiger partial charge in [-0.15, -0.1) is 0 Å². The van der Waals surface area contributed by atoms with Crippen LogP contribution in [0, 0.1) is 11.6 Å². The van der Waals surface area contributed by atoms with E-state index in [-0.39, 0.29) is 34.8 Å². The topological polar surface area (TPSA) is 57.1 Å². The van der Waals surface area contributed by atoms with E-state index in [4.69, 9.17) is 25.8 Å². The quantitative estimate of drug-likeness (QED) is 0.361. The van der Waals surface area contributed by atoms with Crippen molar-refractivity contribution in [2.75, 3.05) is 7.11 Å². The number of methoxy groups -OCH3 is 1. The first kappa shape index (κ1) is 21.5. The first-order chi connectivity index (χ1) is 15.4. The fraction of sp³-hybridized carbons (Fsp3) is 0.0833. The Bertz CT molecular complexity index is 1260. The molecule has 1 aliphatic rings. The first-order valence-corrected chi connectivity index (χ1v) is 9.84. The Balaban J connectivity index is 1.59. The summed E-state index contributed by atoms with van der Waals surface area (Å²) in [5, 5.41) is 0.230. The summed E-state index contributed by atoms with van der Waals surface area (Å²) in [6, 6.07) is 14.8. The molecule has 0 atom stereocenters. The Labute approximate surface area is 187 Å². The van der Waals surface area contributed by atoms with E-state index in [2.05, 4.69) is 4.99 Å². The summed E-state index contributed by atoms with van der Waals surface area (Å²) in [7, 11) is 1.45. The van der Waals surface area contributed by atoms with Gasteiger partial charge in [-0.3, -0.25) is 0 Å². The highest BCUT2D eigenvalue weighted by atomic mass is 35.5. The maximum Gasteiger partial charge on any atom is 0.363 e. The SMILES string of the molecule is COc1cc(/C=C2\N=C(c3cccc(F)c3)OC2=O)cc(Cl)c1OCc1cccc(F)c1. The standard InChI is InChI=1S/C24H16ClF2NO4/c1-30-21-11-15(9-19(25)22(21)31-13-14-4-2-6-17(26)8-14)10-20-24(29)32-23(28-20)16-5-3-7-18(27)12-16/h2-12H,13H2,1H3/b20-10-. The molecule has 0 spiro atoms. The second kappa shape index (κ2) is 9.20. The van der Waals surface area contributed by atoms with Crippen LogP contribution in [0.1, 0.15) is 16.7 Å². The van der Waals surface area contributed by atoms with Crippen molar-refractivity contribution in [2.45, 2.75) is 6.61 Å². The Morgan fingerprint density at radius 1 is 1.06 bits per heavy atom. The van der Waals surface area contributed by atoms with Gasteiger partial charge in [0.2, 0.25) is 5.90 Å². The van der Waals surface area contributed by atoms with Crippen molar-refractivity contribution in [3.05, 3.63) is 99.7 Å². The highest BCUT2D eigenvalue weighted by Crippen LogP contribution is 2.38. The lowest BCUT2D eigenvalue weighted by Gasteiger charge is -2.13. The summed E-state index contributed by atoms with van der Waals surface area (Å²) >= 11 is 6.37. The van der Waals surface area contributed by atoms with Crippen molar-refractivity contribution in [1.82, 2.24) is 0 Å². The van der Waals surface area contributed by atoms with E-state index in [1.165, 1.54) is 43.5 Å². The molecule has 1 heterocycles. The number of halogens is 3. The average molecular weight is 456 g/mol. The molecular formula is C24H16ClF2NO4. The van der Waals surface area contributed by atoms with Gasteiger partial charge >= 0.3 is 5.97 Å². The number of esters is 1. The maximum atomic E-state index is 13.4. The highest BCUT2D eigenvalue weighted by Gasteiger charge is 2.25. The number of carbonyl (C=O) groups excluding carboxylic acids is 1. The number of ether oxygens (including phenoxy) is 3. The first-order valence-electron chi connectivity index (χ1n) is 9.46. The van der Waals surface area contributed by atoms with E-state index in [1.807, 2.05) is 0 Å². The minimum absolute atomic E-state index is 0.00820. The van der Waals surface area contributed by atoms with Crippen LogP contribution >= 0.6 is 11.6 Å². The Hall–Kier alpha value is -3.71. The van der Waals surface area contributed by atoms with Gasteiger partial charge in [-0.2, -0.15) is 0 Å². The predicted octanol–water partition coefficient (Wildman–Crippen LogP) is 5.55. The summed E-state index contributed by atoms with van der Waals surface area (Å²) < 4.78 is 43.1. The predicted molar refractivity (Wildman–Crippen MR) is 116 cm³/mol. The van der Waals surface area contributed by atoms with E-state index in [0.29, 0.717) is 22.4 Å². The zero-order valence-electron chi connectivity index (χ0n) is 16.8. The van der Waals surface area contributed by atoms with Crippen LogP contribution in [0.4, 0.5) is 8.78 Å². The average Bonchev–Trinajstić information content (AvgIpc) is 3.13. The molecule has 0 radical (unpaired) electrons. The van der Waals surface area contributed by atoms with E-state index in [1.54, 1.807) is 30.3 Å². The largest absolute Gasteiger partial charge is 0.493 e. The van der Waals surface area contributed by atoms with Crippen molar-refractivity contribution in [1.29, 1.82) is 0 Å². The Morgan fingerprint density at radius 2 is 1.81 bits per heavy atom. The zero-order chi connectivity index (χ0) is 22.7. The molecule has 8 heteroatoms. The minimum atomic E-state index is -0.675. The molecule has 3 aromatic carbocycles. The number of rotatable bonds is 6. The van der Waals surface area contributed by atoms with Crippen molar-refractivity contribution in [2.24, 2.45) is 4.99 Å². The molecule has 0 saturated heterocycles. The number of hydrogen-bond acceptors (Lipinski definition) is 5. The van der Waals surface area contributed by atoms with Crippen LogP contribution in [0.15, 0.2) is 71.4 Å². The van der Waals surface area contributed by atoms with Gasteiger partial charge < -0.3 is 14.2 Å². The molecule has 0 bridgehead atoms. The summed E-state index contributed by atoms with van der Waals surface area (Å²) in [4.78, 5) is 16.4. The fourth-order valence-corrected chi connectivity index (χ4v) is 3.33. The van der Waals surface area contributed by atoms with Crippen LogP contribution in [0.5, 0.6) is 11.5 Å². The number of hydrogen-bond donors (Lipinski definition) is 0. The van der Waals surface area contributed by atoms with Gasteiger partial charge in [0.25, 0.3) is 0 Å². The third-order valence-corrected chi connectivity index (χ3v) is 4.80. The third-order valence-electron chi connectivity index (χ3n) is 4.52. The van der Waals surface area contributed by atoms with E-state index >= 15 is 0 Å². The van der Waals surface area contributed by atoms with E-state index in [0.717, 1.165) is 0 Å². The fourth-order valence-electron chi connectivity index (χ4n) is 3.06. The number of carbonyl (C=O) groups is 1. The lowest BCUT2D eigenvalue weighted by Crippen LogP contribution is -2.05. The van der Waals surface area contributed by atoms with Crippen molar-refractivity contribution in [3.63, 3.8) is 0 Å². The highest BCUT2D eigenvalue weighted by molar-refractivity contribution is 6.32. The van der Waals surface area contributed by atoms with Crippen LogP contribution in [0.25, 0.3) is 6.08 Å². The van der Waals surface area contributed by atoms with Crippen LogP contribution in [0.3, 0.4) is 0 Å². The number of benzene rings is 3. The number of cyclic esters (lactones) is 1. The molecule has 0 aliphatic carbocycles. The summed E-state index contributed by atoms with van der Waals surface area (Å²) in [6.45, 7) is 0.0852. The second-order valence-electron chi connectivity index (χ2n) is 6.80. The van der Waals surface area contributed by atoms with Gasteiger partial charge in [-0.25, -0.2) is 18.6 Å². The van der Waals surface area contributed by atoms with Crippen molar-refractivity contribution >= 4 is 29.5 Å². The van der Waals surface area contributed by atoms with Gasteiger partial charge in [0, 0.05) is 5.56 Å². The molecule has 3 aromatic rings. The summed E-state index contributed by atoms with van der Waals surface area (Å²) in [5.74, 6) is -0.906. The van der Waals surface area contributed by atoms with Crippen LogP contribution < -0.4 is 9.47 Å². The van der Waals surface area contributed by atoms with Crippen molar-refractivity contribution in [3.8, 4) is 11.5 Å². The summed E-state index contributed by atoms with van der Waals surface area (Å²) in [5.41, 5.74) is 1.51. The number of aliphatic imine (C=N–C) groups is 1. The monoisotopic (exact) mass is 455 g/mol. The molecule has 162 valence electrons. The molecular weight excluding hydrogens is 440 g/mol. The lowest BCUT2D eigenvalue weighted by molar-refractivity contribution is -0.129. The van der Waals surface area contributed by atoms with Gasteiger partial charge in [0.05, 0.1) is 12.1 Å². The molecule has 0 aromatic heterocycles. The lowest BCUT2D eigenvalue weighted by atomic mass is 10.1. The van der Waals surface area contributed by atoms with Crippen LogP contribution in [-0.2, 0) is 16.1 Å². The van der Waals surface area contributed by atoms with Gasteiger partial charge in [-0.05, 0) is 59.7 Å². The van der Waals surface area contributed by atoms with Gasteiger partial charge in [0.15, 0.2) is 17.2 Å². The molecule has 4 rings (SSSR count). The zero-order valence-corrected chi connectivity index (χ0v) is 17.5. The van der Waals surface area contributed by atoms with E-state index < -0.39 is 11.8 Å². The van der Waals surface area contributed by atoms with Gasteiger partial charge in [-0.1, -0.05) is 29.8 Å². The minimum Gasteiger partial charge on any atom is -0.493 e. The molecule has 0 unspecified atom stereocenters. The second-order valence-corrected chi connectivity index (χ2v) is 7.21. The maximum absolute atomic E-state index is 13.4. The molecule has 0 amide bonds. The van der Waals surface area contributed by atoms with Crippen molar-refractivity contribution < 1.29 is 27.8 Å². The molecule has 0 fully saturated rings. The molecule has 0 saturated carbocycles. The summed E-state index contributed by atoms with van der Waals surface area (Å²) in [6.07, 6.45) is 1.47. The molecule has 0 N–H and O–H groups in total. The molecule has 32 heavy (non-hydrogen) atoms. The molecule has 1 aliphatic heterocycles. The van der Waals surface area contributed by atoms with E-state index in [9.17, 15) is 13.6 Å². The van der Waals surface area contributed by atoms with Crippen LogP contribution in [-0.4, -0.2) is 19.0 Å². The number of nitrogens with zero attached hydrogens (tertiary/aromatic N) is 1. The van der Waals surface area contributed by atoms with Gasteiger partial charge in [0.1, 0.15) is 18.2 Å². The Kier molecular flexibility index (Phi) is 6.18. The van der Waals surface area contributed by atoms with Crippen LogP contribution in [0.2, 0.25) is 5.02 Å². The third kappa shape index (κ3) is 4.78. The molecule has 5 nitrogen and oxygen atoms in total. The normalized spacial score (nSPS) is 14.3. The Morgan fingerprint density at radius 3 is 2.53 bits per heavy atom. The smallest absolute Gasteiger partial charge is 0.363 e.